The molecule has 1 heteroatoms. The summed E-state index contributed by atoms with van der Waals surface area (Å²) in [6.45, 7) is 12.2. The molecule has 12 heavy (non-hydrogen) atoms. The molecule has 3 atom stereocenters. The van der Waals surface area contributed by atoms with Crippen LogP contribution in [0.15, 0.2) is 0 Å². The van der Waals surface area contributed by atoms with Gasteiger partial charge >= 0.3 is 0 Å². The largest absolute Gasteiger partial charge is 0.300 e. The molecule has 2 aliphatic rings. The average molecular weight is 167 g/mol. The first-order valence-electron chi connectivity index (χ1n) is 5.27. The lowest BCUT2D eigenvalue weighted by Crippen LogP contribution is -2.43. The molecule has 1 nitrogen and oxygen atoms in total. The molecule has 1 aliphatic heterocycles. The molecule has 0 aromatic heterocycles. The molecule has 0 N–H and O–H groups in total. The Balaban J connectivity index is 2.04. The van der Waals surface area contributed by atoms with Crippen LogP contribution in [-0.2, 0) is 0 Å². The molecule has 1 aliphatic carbocycles. The van der Waals surface area contributed by atoms with E-state index in [1.165, 1.54) is 19.5 Å². The summed E-state index contributed by atoms with van der Waals surface area (Å²) >= 11 is 0. The summed E-state index contributed by atoms with van der Waals surface area (Å²) < 4.78 is 0. The maximum absolute atomic E-state index is 2.65. The normalized spacial score (nSPS) is 47.8. The molecule has 70 valence electrons. The molecule has 3 unspecified atom stereocenters. The average Bonchev–Trinajstić information content (AvgIpc) is 2.22. The smallest absolute Gasteiger partial charge is 0.00415 e. The minimum absolute atomic E-state index is 0.684. The number of nitrogens with zero attached hydrogens (tertiary/aromatic N) is 1. The lowest BCUT2D eigenvalue weighted by atomic mass is 9.57. The van der Waals surface area contributed by atoms with Crippen molar-refractivity contribution in [3.63, 3.8) is 0 Å². The predicted octanol–water partition coefficient (Wildman–Crippen LogP) is 2.37. The summed E-state index contributed by atoms with van der Waals surface area (Å²) in [5, 5.41) is 0. The molecule has 1 saturated carbocycles. The summed E-state index contributed by atoms with van der Waals surface area (Å²) in [6, 6.07) is 0.750. The van der Waals surface area contributed by atoms with Gasteiger partial charge in [-0.15, -0.1) is 0 Å². The van der Waals surface area contributed by atoms with Crippen molar-refractivity contribution in [2.45, 2.75) is 40.2 Å². The zero-order valence-corrected chi connectivity index (χ0v) is 8.80. The van der Waals surface area contributed by atoms with Crippen molar-refractivity contribution in [2.24, 2.45) is 17.3 Å². The van der Waals surface area contributed by atoms with Gasteiger partial charge in [0.15, 0.2) is 0 Å². The molecular weight excluding hydrogens is 146 g/mol. The number of fused-ring (bicyclic) bond motifs is 1. The summed E-state index contributed by atoms with van der Waals surface area (Å²) in [5.74, 6) is 1.98. The standard InChI is InChI=1S/C11H21N/c1-8(2)12-6-10-9(3)5-11(10,4)7-12/h8-10H,5-7H2,1-4H3. The summed E-state index contributed by atoms with van der Waals surface area (Å²) in [4.78, 5) is 2.65. The van der Waals surface area contributed by atoms with E-state index in [9.17, 15) is 0 Å². The Hall–Kier alpha value is -0.0400. The first-order chi connectivity index (χ1) is 5.53. The van der Waals surface area contributed by atoms with Crippen LogP contribution in [0.2, 0.25) is 0 Å². The lowest BCUT2D eigenvalue weighted by Gasteiger charge is -2.47. The van der Waals surface area contributed by atoms with Gasteiger partial charge in [0.1, 0.15) is 0 Å². The molecule has 0 bridgehead atoms. The van der Waals surface area contributed by atoms with Gasteiger partial charge in [-0.05, 0) is 37.5 Å². The van der Waals surface area contributed by atoms with Crippen molar-refractivity contribution in [1.29, 1.82) is 0 Å². The Morgan fingerprint density at radius 3 is 2.50 bits per heavy atom. The van der Waals surface area contributed by atoms with Gasteiger partial charge in [0, 0.05) is 19.1 Å². The van der Waals surface area contributed by atoms with Crippen molar-refractivity contribution < 1.29 is 0 Å². The lowest BCUT2D eigenvalue weighted by molar-refractivity contribution is 0.0330. The van der Waals surface area contributed by atoms with Crippen LogP contribution < -0.4 is 0 Å². The number of hydrogen-bond donors (Lipinski definition) is 0. The Kier molecular flexibility index (Phi) is 1.76. The second-order valence-corrected chi connectivity index (χ2v) is 5.47. The van der Waals surface area contributed by atoms with Gasteiger partial charge in [-0.25, -0.2) is 0 Å². The third-order valence-corrected chi connectivity index (χ3v) is 4.10. The van der Waals surface area contributed by atoms with Crippen molar-refractivity contribution in [1.82, 2.24) is 4.90 Å². The van der Waals surface area contributed by atoms with Crippen LogP contribution in [-0.4, -0.2) is 24.0 Å². The van der Waals surface area contributed by atoms with Gasteiger partial charge in [-0.3, -0.25) is 0 Å². The molecule has 2 fully saturated rings. The van der Waals surface area contributed by atoms with Gasteiger partial charge in [-0.2, -0.15) is 0 Å². The predicted molar refractivity (Wildman–Crippen MR) is 52.1 cm³/mol. The van der Waals surface area contributed by atoms with Crippen LogP contribution in [0.1, 0.15) is 34.1 Å². The second-order valence-electron chi connectivity index (χ2n) is 5.47. The minimum atomic E-state index is 0.684. The van der Waals surface area contributed by atoms with E-state index in [0.717, 1.165) is 17.9 Å². The number of rotatable bonds is 1. The van der Waals surface area contributed by atoms with Crippen LogP contribution >= 0.6 is 0 Å². The van der Waals surface area contributed by atoms with E-state index in [0.29, 0.717) is 5.41 Å². The second kappa shape index (κ2) is 2.47. The molecule has 2 rings (SSSR count). The molecule has 1 saturated heterocycles. The highest BCUT2D eigenvalue weighted by molar-refractivity contribution is 5.04. The maximum Gasteiger partial charge on any atom is 0.00415 e. The third-order valence-electron chi connectivity index (χ3n) is 4.10. The van der Waals surface area contributed by atoms with E-state index in [4.69, 9.17) is 0 Å². The van der Waals surface area contributed by atoms with Crippen molar-refractivity contribution in [3.05, 3.63) is 0 Å². The number of likely N-dealkylation sites (tertiary alicyclic amines) is 1. The quantitative estimate of drug-likeness (QED) is 0.579. The molecule has 1 heterocycles. The monoisotopic (exact) mass is 167 g/mol. The van der Waals surface area contributed by atoms with E-state index in [-0.39, 0.29) is 0 Å². The fourth-order valence-corrected chi connectivity index (χ4v) is 3.31. The molecule has 0 aromatic carbocycles. The molecule has 0 radical (unpaired) electrons. The first-order valence-corrected chi connectivity index (χ1v) is 5.27. The van der Waals surface area contributed by atoms with Crippen molar-refractivity contribution in [2.75, 3.05) is 13.1 Å². The molecule has 0 aromatic rings. The van der Waals surface area contributed by atoms with E-state index >= 15 is 0 Å². The van der Waals surface area contributed by atoms with E-state index in [1.54, 1.807) is 0 Å². The minimum Gasteiger partial charge on any atom is -0.300 e. The first kappa shape index (κ1) is 8.55. The SMILES string of the molecule is CC1CC2(C)CN(C(C)C)CC12. The fourth-order valence-electron chi connectivity index (χ4n) is 3.31. The Morgan fingerprint density at radius 1 is 1.42 bits per heavy atom. The van der Waals surface area contributed by atoms with Gasteiger partial charge < -0.3 is 4.90 Å². The van der Waals surface area contributed by atoms with Gasteiger partial charge in [0.25, 0.3) is 0 Å². The van der Waals surface area contributed by atoms with Gasteiger partial charge in [0.05, 0.1) is 0 Å². The highest BCUT2D eigenvalue weighted by Gasteiger charge is 2.53. The van der Waals surface area contributed by atoms with Crippen LogP contribution in [0.25, 0.3) is 0 Å². The Morgan fingerprint density at radius 2 is 2.08 bits per heavy atom. The van der Waals surface area contributed by atoms with Crippen LogP contribution in [0.4, 0.5) is 0 Å². The molecular formula is C11H21N. The highest BCUT2D eigenvalue weighted by Crippen LogP contribution is 2.55. The highest BCUT2D eigenvalue weighted by atomic mass is 15.2. The number of hydrogen-bond acceptors (Lipinski definition) is 1. The summed E-state index contributed by atoms with van der Waals surface area (Å²) in [6.07, 6.45) is 1.46. The Bertz CT molecular complexity index is 187. The van der Waals surface area contributed by atoms with E-state index < -0.39 is 0 Å². The molecule has 0 spiro atoms. The van der Waals surface area contributed by atoms with Crippen molar-refractivity contribution in [3.8, 4) is 0 Å². The van der Waals surface area contributed by atoms with E-state index in [1.807, 2.05) is 0 Å². The maximum atomic E-state index is 2.65. The van der Waals surface area contributed by atoms with Gasteiger partial charge in [0.2, 0.25) is 0 Å². The van der Waals surface area contributed by atoms with Gasteiger partial charge in [-0.1, -0.05) is 13.8 Å². The molecule has 0 amide bonds. The van der Waals surface area contributed by atoms with Crippen molar-refractivity contribution >= 4 is 0 Å². The summed E-state index contributed by atoms with van der Waals surface area (Å²) in [7, 11) is 0. The van der Waals surface area contributed by atoms with E-state index in [2.05, 4.69) is 32.6 Å². The zero-order valence-electron chi connectivity index (χ0n) is 8.80. The third kappa shape index (κ3) is 1.02. The topological polar surface area (TPSA) is 3.24 Å². The van der Waals surface area contributed by atoms with Crippen LogP contribution in [0, 0.1) is 17.3 Å². The Labute approximate surface area is 76.1 Å². The van der Waals surface area contributed by atoms with Crippen LogP contribution in [0.5, 0.6) is 0 Å². The fraction of sp³-hybridized carbons (Fsp3) is 1.00. The summed E-state index contributed by atoms with van der Waals surface area (Å²) in [5.41, 5.74) is 0.684. The van der Waals surface area contributed by atoms with Crippen LogP contribution in [0.3, 0.4) is 0 Å². The zero-order chi connectivity index (χ0) is 8.93.